The van der Waals surface area contributed by atoms with Gasteiger partial charge in [0.1, 0.15) is 11.5 Å². The van der Waals surface area contributed by atoms with Gasteiger partial charge in [-0.1, -0.05) is 27.2 Å². The van der Waals surface area contributed by atoms with Crippen LogP contribution in [0, 0.1) is 6.92 Å². The van der Waals surface area contributed by atoms with Gasteiger partial charge in [0.05, 0.1) is 19.6 Å². The first-order chi connectivity index (χ1) is 13.5. The average molecular weight is 451 g/mol. The molecular weight excluding hydrogens is 428 g/mol. The minimum Gasteiger partial charge on any atom is -0.493 e. The van der Waals surface area contributed by atoms with Crippen molar-refractivity contribution in [2.24, 2.45) is 0 Å². The van der Waals surface area contributed by atoms with Crippen LogP contribution in [0.15, 0.2) is 39.3 Å². The molecule has 2 heterocycles. The molecular formula is C19H23BrN4O4. The molecule has 0 atom stereocenters. The van der Waals surface area contributed by atoms with E-state index in [-0.39, 0.29) is 18.4 Å². The highest BCUT2D eigenvalue weighted by Crippen LogP contribution is 2.18. The van der Waals surface area contributed by atoms with Crippen LogP contribution in [-0.2, 0) is 9.59 Å². The normalized spacial score (nSPS) is 14.7. The van der Waals surface area contributed by atoms with Crippen molar-refractivity contribution in [3.05, 3.63) is 40.6 Å². The highest BCUT2D eigenvalue weighted by atomic mass is 79.9. The third kappa shape index (κ3) is 6.07. The van der Waals surface area contributed by atoms with E-state index < -0.39 is 0 Å². The minimum atomic E-state index is -0.143. The maximum Gasteiger partial charge on any atom is 0.239 e. The Kier molecular flexibility index (Phi) is 7.05. The van der Waals surface area contributed by atoms with Crippen LogP contribution in [0.4, 0.5) is 5.82 Å². The number of nitrogens with zero attached hydrogens (tertiary/aromatic N) is 3. The predicted octanol–water partition coefficient (Wildman–Crippen LogP) is 2.30. The number of hydrogen-bond donors (Lipinski definition) is 1. The van der Waals surface area contributed by atoms with Crippen LogP contribution in [0.3, 0.4) is 0 Å². The Morgan fingerprint density at radius 1 is 1.25 bits per heavy atom. The maximum absolute atomic E-state index is 12.3. The second-order valence-corrected chi connectivity index (χ2v) is 7.50. The van der Waals surface area contributed by atoms with Gasteiger partial charge in [-0.25, -0.2) is 0 Å². The summed E-state index contributed by atoms with van der Waals surface area (Å²) in [6.07, 6.45) is 0.332. The highest BCUT2D eigenvalue weighted by Gasteiger charge is 2.22. The summed E-state index contributed by atoms with van der Waals surface area (Å²) in [5.41, 5.74) is 0. The quantitative estimate of drug-likeness (QED) is 0.695. The molecule has 0 spiro atoms. The van der Waals surface area contributed by atoms with Gasteiger partial charge in [-0.3, -0.25) is 14.5 Å². The van der Waals surface area contributed by atoms with Crippen molar-refractivity contribution >= 4 is 33.6 Å². The van der Waals surface area contributed by atoms with E-state index in [1.54, 1.807) is 13.0 Å². The number of anilines is 1. The molecule has 1 aliphatic heterocycles. The molecule has 1 aromatic carbocycles. The van der Waals surface area contributed by atoms with Gasteiger partial charge >= 0.3 is 0 Å². The number of piperazine rings is 1. The number of carbonyl (C=O) groups is 2. The fourth-order valence-electron chi connectivity index (χ4n) is 2.94. The number of carbonyl (C=O) groups excluding carboxylic acids is 2. The van der Waals surface area contributed by atoms with Crippen molar-refractivity contribution in [2.45, 2.75) is 13.3 Å². The van der Waals surface area contributed by atoms with Gasteiger partial charge in [-0.2, -0.15) is 0 Å². The number of aryl methyl sites for hydroxylation is 1. The van der Waals surface area contributed by atoms with E-state index in [1.807, 2.05) is 34.1 Å². The Labute approximate surface area is 171 Å². The lowest BCUT2D eigenvalue weighted by molar-refractivity contribution is -0.133. The molecule has 150 valence electrons. The molecule has 2 amide bonds. The Bertz CT molecular complexity index is 818. The van der Waals surface area contributed by atoms with Gasteiger partial charge in [0, 0.05) is 36.7 Å². The third-order valence-corrected chi connectivity index (χ3v) is 4.86. The van der Waals surface area contributed by atoms with Crippen molar-refractivity contribution < 1.29 is 18.8 Å². The summed E-state index contributed by atoms with van der Waals surface area (Å²) < 4.78 is 11.5. The Morgan fingerprint density at radius 3 is 2.71 bits per heavy atom. The first kappa shape index (κ1) is 20.3. The average Bonchev–Trinajstić information content (AvgIpc) is 3.07. The van der Waals surface area contributed by atoms with E-state index in [4.69, 9.17) is 9.26 Å². The second kappa shape index (κ2) is 9.70. The molecule has 9 heteroatoms. The largest absolute Gasteiger partial charge is 0.493 e. The number of hydrogen-bond acceptors (Lipinski definition) is 6. The first-order valence-electron chi connectivity index (χ1n) is 9.11. The molecule has 3 rings (SSSR count). The number of rotatable bonds is 7. The molecule has 0 unspecified atom stereocenters. The zero-order valence-electron chi connectivity index (χ0n) is 15.7. The number of ether oxygens (including phenoxy) is 1. The minimum absolute atomic E-state index is 0.0668. The van der Waals surface area contributed by atoms with Gasteiger partial charge in [-0.05, 0) is 25.1 Å². The van der Waals surface area contributed by atoms with E-state index in [1.165, 1.54) is 0 Å². The summed E-state index contributed by atoms with van der Waals surface area (Å²) >= 11 is 3.39. The molecule has 1 fully saturated rings. The third-order valence-electron chi connectivity index (χ3n) is 4.37. The van der Waals surface area contributed by atoms with Crippen molar-refractivity contribution in [1.82, 2.24) is 15.0 Å². The zero-order valence-corrected chi connectivity index (χ0v) is 17.3. The molecule has 1 N–H and O–H groups in total. The van der Waals surface area contributed by atoms with Gasteiger partial charge in [0.25, 0.3) is 0 Å². The molecule has 1 aliphatic rings. The Morgan fingerprint density at radius 2 is 2.04 bits per heavy atom. The fourth-order valence-corrected chi connectivity index (χ4v) is 3.32. The van der Waals surface area contributed by atoms with E-state index in [2.05, 4.69) is 26.4 Å². The second-order valence-electron chi connectivity index (χ2n) is 6.58. The van der Waals surface area contributed by atoms with Crippen LogP contribution in [-0.4, -0.2) is 66.1 Å². The molecule has 28 heavy (non-hydrogen) atoms. The lowest BCUT2D eigenvalue weighted by Crippen LogP contribution is -2.50. The van der Waals surface area contributed by atoms with Crippen LogP contribution in [0.25, 0.3) is 0 Å². The van der Waals surface area contributed by atoms with Crippen LogP contribution in [0.5, 0.6) is 5.75 Å². The summed E-state index contributed by atoms with van der Waals surface area (Å²) in [6.45, 7) is 4.89. The molecule has 1 aromatic heterocycles. The molecule has 0 bridgehead atoms. The standard InChI is InChI=1S/C19H23BrN4O4/c1-14-11-17(22-28-14)21-18(25)13-23-6-8-24(9-7-23)19(26)5-10-27-16-4-2-3-15(20)12-16/h2-4,11-12H,5-10,13H2,1H3,(H,21,22,25). The monoisotopic (exact) mass is 450 g/mol. The van der Waals surface area contributed by atoms with Crippen LogP contribution >= 0.6 is 15.9 Å². The molecule has 0 radical (unpaired) electrons. The highest BCUT2D eigenvalue weighted by molar-refractivity contribution is 9.10. The van der Waals surface area contributed by atoms with Crippen molar-refractivity contribution in [3.8, 4) is 5.75 Å². The van der Waals surface area contributed by atoms with Gasteiger partial charge < -0.3 is 19.5 Å². The molecule has 8 nitrogen and oxygen atoms in total. The summed E-state index contributed by atoms with van der Waals surface area (Å²) in [5, 5.41) is 6.45. The summed E-state index contributed by atoms with van der Waals surface area (Å²) in [7, 11) is 0. The molecule has 2 aromatic rings. The molecule has 0 aliphatic carbocycles. The zero-order chi connectivity index (χ0) is 19.9. The molecule has 1 saturated heterocycles. The van der Waals surface area contributed by atoms with Gasteiger partial charge in [-0.15, -0.1) is 0 Å². The lowest BCUT2D eigenvalue weighted by Gasteiger charge is -2.34. The lowest BCUT2D eigenvalue weighted by atomic mass is 10.2. The molecule has 0 saturated carbocycles. The number of nitrogens with one attached hydrogen (secondary N) is 1. The summed E-state index contributed by atoms with van der Waals surface area (Å²) in [6, 6.07) is 9.21. The Balaban J connectivity index is 1.35. The van der Waals surface area contributed by atoms with Crippen molar-refractivity contribution in [2.75, 3.05) is 44.6 Å². The van der Waals surface area contributed by atoms with Crippen molar-refractivity contribution in [3.63, 3.8) is 0 Å². The number of halogens is 1. The topological polar surface area (TPSA) is 87.9 Å². The van der Waals surface area contributed by atoms with E-state index in [0.717, 1.165) is 10.2 Å². The summed E-state index contributed by atoms with van der Waals surface area (Å²) in [5.74, 6) is 1.72. The van der Waals surface area contributed by atoms with E-state index in [9.17, 15) is 9.59 Å². The van der Waals surface area contributed by atoms with Crippen LogP contribution < -0.4 is 10.1 Å². The SMILES string of the molecule is Cc1cc(NC(=O)CN2CCN(C(=O)CCOc3cccc(Br)c3)CC2)no1. The Hall–Kier alpha value is -2.39. The number of benzene rings is 1. The number of amides is 2. The van der Waals surface area contributed by atoms with Crippen LogP contribution in [0.1, 0.15) is 12.2 Å². The number of aromatic nitrogens is 1. The predicted molar refractivity (Wildman–Crippen MR) is 107 cm³/mol. The van der Waals surface area contributed by atoms with Crippen LogP contribution in [0.2, 0.25) is 0 Å². The maximum atomic E-state index is 12.3. The van der Waals surface area contributed by atoms with Crippen molar-refractivity contribution in [1.29, 1.82) is 0 Å². The van der Waals surface area contributed by atoms with E-state index in [0.29, 0.717) is 50.8 Å². The fraction of sp³-hybridized carbons (Fsp3) is 0.421. The van der Waals surface area contributed by atoms with Gasteiger partial charge in [0.15, 0.2) is 5.82 Å². The first-order valence-corrected chi connectivity index (χ1v) is 9.90. The summed E-state index contributed by atoms with van der Waals surface area (Å²) in [4.78, 5) is 28.3. The smallest absolute Gasteiger partial charge is 0.239 e. The van der Waals surface area contributed by atoms with E-state index >= 15 is 0 Å². The van der Waals surface area contributed by atoms with Gasteiger partial charge in [0.2, 0.25) is 11.8 Å².